The van der Waals surface area contributed by atoms with Crippen LogP contribution in [0, 0.1) is 0 Å². The third-order valence-electron chi connectivity index (χ3n) is 3.21. The minimum absolute atomic E-state index is 0.350. The Morgan fingerprint density at radius 1 is 1.11 bits per heavy atom. The molecule has 1 aromatic heterocycles. The molecule has 0 saturated heterocycles. The number of hydrogen-bond acceptors (Lipinski definition) is 3. The van der Waals surface area contributed by atoms with Crippen molar-refractivity contribution in [1.82, 2.24) is 0 Å². The summed E-state index contributed by atoms with van der Waals surface area (Å²) in [5.74, 6) is 0. The Morgan fingerprint density at radius 2 is 1.94 bits per heavy atom. The minimum Gasteiger partial charge on any atom is -0.420 e. The topological polar surface area (TPSA) is 56.2 Å². The summed E-state index contributed by atoms with van der Waals surface area (Å²) in [4.78, 5) is 11.2. The van der Waals surface area contributed by atoms with Crippen LogP contribution < -0.4 is 11.4 Å². The largest absolute Gasteiger partial charge is 0.420 e. The molecule has 0 fully saturated rings. The molecule has 0 aliphatic carbocycles. The normalized spacial score (nSPS) is 10.9. The lowest BCUT2D eigenvalue weighted by Gasteiger charge is -2.07. The van der Waals surface area contributed by atoms with E-state index < -0.39 is 0 Å². The van der Waals surface area contributed by atoms with Gasteiger partial charge in [0.15, 0.2) is 5.58 Å². The molecule has 0 radical (unpaired) electrons. The summed E-state index contributed by atoms with van der Waals surface area (Å²) >= 11 is 0. The van der Waals surface area contributed by atoms with Crippen LogP contribution in [0.2, 0.25) is 0 Å². The molecule has 2 aromatic rings. The van der Waals surface area contributed by atoms with Crippen molar-refractivity contribution in [1.29, 1.82) is 0 Å². The monoisotopic (exact) mass is 245 g/mol. The minimum atomic E-state index is -0.350. The predicted molar refractivity (Wildman–Crippen MR) is 74.7 cm³/mol. The molecular formula is C15H19NO2. The van der Waals surface area contributed by atoms with Gasteiger partial charge in [0.25, 0.3) is 0 Å². The zero-order chi connectivity index (χ0) is 13.0. The first kappa shape index (κ1) is 12.7. The maximum Gasteiger partial charge on any atom is 0.336 e. The average Bonchev–Trinajstić information content (AvgIpc) is 2.37. The molecule has 0 unspecified atom stereocenters. The van der Waals surface area contributed by atoms with E-state index in [1.165, 1.54) is 30.9 Å². The Kier molecular flexibility index (Phi) is 4.03. The lowest BCUT2D eigenvalue weighted by atomic mass is 10.0. The molecule has 0 aliphatic heterocycles. The predicted octanol–water partition coefficient (Wildman–Crippen LogP) is 3.50. The fourth-order valence-electron chi connectivity index (χ4n) is 2.20. The van der Waals surface area contributed by atoms with Gasteiger partial charge in [0.05, 0.1) is 5.69 Å². The summed E-state index contributed by atoms with van der Waals surface area (Å²) < 4.78 is 5.18. The third-order valence-corrected chi connectivity index (χ3v) is 3.21. The maximum absolute atomic E-state index is 11.2. The molecule has 1 aromatic carbocycles. The fourth-order valence-corrected chi connectivity index (χ4v) is 2.20. The van der Waals surface area contributed by atoms with E-state index in [1.54, 1.807) is 0 Å². The van der Waals surface area contributed by atoms with Crippen LogP contribution in [0.4, 0.5) is 5.69 Å². The SMILES string of the molecule is CCCCCCc1ccc(N)c2oc(=O)ccc12. The molecule has 0 atom stereocenters. The van der Waals surface area contributed by atoms with Gasteiger partial charge in [-0.3, -0.25) is 0 Å². The molecule has 0 saturated carbocycles. The van der Waals surface area contributed by atoms with Crippen molar-refractivity contribution < 1.29 is 4.42 Å². The van der Waals surface area contributed by atoms with Gasteiger partial charge in [-0.15, -0.1) is 0 Å². The first-order valence-electron chi connectivity index (χ1n) is 6.53. The quantitative estimate of drug-likeness (QED) is 0.498. The number of unbranched alkanes of at least 4 members (excludes halogenated alkanes) is 3. The molecular weight excluding hydrogens is 226 g/mol. The number of hydrogen-bond donors (Lipinski definition) is 1. The van der Waals surface area contributed by atoms with E-state index >= 15 is 0 Å². The van der Waals surface area contributed by atoms with E-state index in [0.717, 1.165) is 18.2 Å². The van der Waals surface area contributed by atoms with Crippen LogP contribution in [0.3, 0.4) is 0 Å². The van der Waals surface area contributed by atoms with Crippen LogP contribution in [0.15, 0.2) is 33.5 Å². The molecule has 18 heavy (non-hydrogen) atoms. The summed E-state index contributed by atoms with van der Waals surface area (Å²) in [6, 6.07) is 7.12. The lowest BCUT2D eigenvalue weighted by Crippen LogP contribution is -1.99. The van der Waals surface area contributed by atoms with Gasteiger partial charge < -0.3 is 10.2 Å². The van der Waals surface area contributed by atoms with Crippen molar-refractivity contribution in [2.24, 2.45) is 0 Å². The lowest BCUT2D eigenvalue weighted by molar-refractivity contribution is 0.561. The second-order valence-electron chi connectivity index (χ2n) is 4.62. The molecule has 3 heteroatoms. The van der Waals surface area contributed by atoms with E-state index in [4.69, 9.17) is 10.2 Å². The highest BCUT2D eigenvalue weighted by atomic mass is 16.4. The molecule has 1 heterocycles. The van der Waals surface area contributed by atoms with Crippen LogP contribution in [-0.4, -0.2) is 0 Å². The second-order valence-corrected chi connectivity index (χ2v) is 4.62. The van der Waals surface area contributed by atoms with Crippen molar-refractivity contribution in [3.63, 3.8) is 0 Å². The summed E-state index contributed by atoms with van der Waals surface area (Å²) in [7, 11) is 0. The van der Waals surface area contributed by atoms with E-state index in [9.17, 15) is 4.79 Å². The summed E-state index contributed by atoms with van der Waals surface area (Å²) in [6.07, 6.45) is 5.90. The smallest absolute Gasteiger partial charge is 0.336 e. The van der Waals surface area contributed by atoms with Crippen molar-refractivity contribution >= 4 is 16.7 Å². The Hall–Kier alpha value is -1.77. The van der Waals surface area contributed by atoms with E-state index in [2.05, 4.69) is 6.92 Å². The molecule has 2 N–H and O–H groups in total. The average molecular weight is 245 g/mol. The number of rotatable bonds is 5. The molecule has 0 spiro atoms. The van der Waals surface area contributed by atoms with Crippen molar-refractivity contribution in [3.05, 3.63) is 40.2 Å². The van der Waals surface area contributed by atoms with Gasteiger partial charge in [-0.1, -0.05) is 32.3 Å². The molecule has 0 aliphatic rings. The Morgan fingerprint density at radius 3 is 2.72 bits per heavy atom. The summed E-state index contributed by atoms with van der Waals surface area (Å²) in [5, 5.41) is 0.964. The van der Waals surface area contributed by atoms with Crippen molar-refractivity contribution in [3.8, 4) is 0 Å². The van der Waals surface area contributed by atoms with Gasteiger partial charge in [0.1, 0.15) is 0 Å². The maximum atomic E-state index is 11.2. The Labute approximate surface area is 107 Å². The highest BCUT2D eigenvalue weighted by Crippen LogP contribution is 2.24. The molecule has 3 nitrogen and oxygen atoms in total. The van der Waals surface area contributed by atoms with Gasteiger partial charge in [-0.2, -0.15) is 0 Å². The number of fused-ring (bicyclic) bond motifs is 1. The van der Waals surface area contributed by atoms with Crippen LogP contribution in [0.5, 0.6) is 0 Å². The highest BCUT2D eigenvalue weighted by molar-refractivity contribution is 5.89. The first-order valence-corrected chi connectivity index (χ1v) is 6.53. The zero-order valence-corrected chi connectivity index (χ0v) is 10.7. The van der Waals surface area contributed by atoms with Crippen LogP contribution in [0.1, 0.15) is 38.2 Å². The third kappa shape index (κ3) is 2.73. The Balaban J connectivity index is 2.28. The standard InChI is InChI=1S/C15H19NO2/c1-2-3-4-5-6-11-7-9-13(16)15-12(11)8-10-14(17)18-15/h7-10H,2-6,16H2,1H3. The van der Waals surface area contributed by atoms with Crippen LogP contribution in [-0.2, 0) is 6.42 Å². The number of nitrogens with two attached hydrogens (primary N) is 1. The van der Waals surface area contributed by atoms with Gasteiger partial charge in [0.2, 0.25) is 0 Å². The Bertz CT molecular complexity index is 587. The number of anilines is 1. The number of benzene rings is 1. The summed E-state index contributed by atoms with van der Waals surface area (Å²) in [6.45, 7) is 2.20. The fraction of sp³-hybridized carbons (Fsp3) is 0.400. The van der Waals surface area contributed by atoms with E-state index in [1.807, 2.05) is 18.2 Å². The molecule has 2 rings (SSSR count). The molecule has 96 valence electrons. The first-order chi connectivity index (χ1) is 8.72. The van der Waals surface area contributed by atoms with Crippen LogP contribution >= 0.6 is 0 Å². The highest BCUT2D eigenvalue weighted by Gasteiger charge is 2.06. The van der Waals surface area contributed by atoms with E-state index in [-0.39, 0.29) is 5.63 Å². The second kappa shape index (κ2) is 5.71. The number of aryl methyl sites for hydroxylation is 1. The molecule has 0 amide bonds. The van der Waals surface area contributed by atoms with Gasteiger partial charge >= 0.3 is 5.63 Å². The zero-order valence-electron chi connectivity index (χ0n) is 10.7. The van der Waals surface area contributed by atoms with Crippen LogP contribution in [0.25, 0.3) is 11.0 Å². The van der Waals surface area contributed by atoms with Gasteiger partial charge in [0, 0.05) is 11.5 Å². The van der Waals surface area contributed by atoms with Gasteiger partial charge in [-0.25, -0.2) is 4.79 Å². The summed E-state index contributed by atoms with van der Waals surface area (Å²) in [5.41, 5.74) is 7.75. The van der Waals surface area contributed by atoms with E-state index in [0.29, 0.717) is 11.3 Å². The van der Waals surface area contributed by atoms with Gasteiger partial charge in [-0.05, 0) is 30.5 Å². The number of nitrogen functional groups attached to an aromatic ring is 1. The van der Waals surface area contributed by atoms with Crippen molar-refractivity contribution in [2.75, 3.05) is 5.73 Å². The van der Waals surface area contributed by atoms with Crippen molar-refractivity contribution in [2.45, 2.75) is 39.0 Å². The molecule has 0 bridgehead atoms.